The van der Waals surface area contributed by atoms with Gasteiger partial charge in [-0.25, -0.2) is 0 Å². The maximum atomic E-state index is 9.24. The number of hydrogen-bond donors (Lipinski definition) is 2. The Hall–Kier alpha value is -0.0800. The number of hydrogen-bond acceptors (Lipinski definition) is 2. The first-order valence-corrected chi connectivity index (χ1v) is 3.02. The van der Waals surface area contributed by atoms with E-state index in [-0.39, 0.29) is 12.5 Å². The Bertz CT molecular complexity index is 86.5. The largest absolute Gasteiger partial charge is 0.396 e. The summed E-state index contributed by atoms with van der Waals surface area (Å²) in [6, 6.07) is 0. The van der Waals surface area contributed by atoms with E-state index in [1.54, 1.807) is 0 Å². The van der Waals surface area contributed by atoms with Gasteiger partial charge in [-0.15, -0.1) is 0 Å². The van der Waals surface area contributed by atoms with Crippen molar-refractivity contribution >= 4 is 0 Å². The van der Waals surface area contributed by atoms with Crippen LogP contribution in [0, 0.1) is 5.92 Å². The van der Waals surface area contributed by atoms with Crippen molar-refractivity contribution in [1.82, 2.24) is 0 Å². The van der Waals surface area contributed by atoms with Crippen molar-refractivity contribution in [1.29, 1.82) is 0 Å². The van der Waals surface area contributed by atoms with Crippen LogP contribution in [-0.2, 0) is 0 Å². The number of rotatable bonds is 2. The molecule has 0 heterocycles. The van der Waals surface area contributed by atoms with E-state index in [2.05, 4.69) is 0 Å². The van der Waals surface area contributed by atoms with E-state index in [4.69, 9.17) is 5.11 Å². The van der Waals surface area contributed by atoms with Crippen LogP contribution in [0.1, 0.15) is 19.8 Å². The first-order chi connectivity index (χ1) is 3.69. The van der Waals surface area contributed by atoms with E-state index in [1.165, 1.54) is 0 Å². The molecule has 1 rings (SSSR count). The molecule has 48 valence electrons. The molecule has 1 fully saturated rings. The Balaban J connectivity index is 2.34. The highest BCUT2D eigenvalue weighted by Crippen LogP contribution is 2.41. The first kappa shape index (κ1) is 6.05. The van der Waals surface area contributed by atoms with Gasteiger partial charge in [-0.3, -0.25) is 0 Å². The molecule has 0 unspecified atom stereocenters. The van der Waals surface area contributed by atoms with Crippen LogP contribution in [0.4, 0.5) is 0 Å². The van der Waals surface area contributed by atoms with Crippen molar-refractivity contribution in [3.63, 3.8) is 0 Å². The number of aliphatic hydroxyl groups is 2. The summed E-state index contributed by atoms with van der Waals surface area (Å²) in [5.74, 6) is 0.0718. The molecule has 0 saturated heterocycles. The predicted molar refractivity (Wildman–Crippen MR) is 30.4 cm³/mol. The van der Waals surface area contributed by atoms with Crippen LogP contribution in [0.25, 0.3) is 0 Å². The summed E-state index contributed by atoms with van der Waals surface area (Å²) in [7, 11) is 0. The molecule has 0 aromatic heterocycles. The zero-order valence-corrected chi connectivity index (χ0v) is 5.09. The third kappa shape index (κ3) is 0.858. The van der Waals surface area contributed by atoms with Gasteiger partial charge in [0, 0.05) is 12.5 Å². The predicted octanol–water partition coefficient (Wildman–Crippen LogP) is 0.140. The summed E-state index contributed by atoms with van der Waals surface area (Å²) in [4.78, 5) is 0. The van der Waals surface area contributed by atoms with Gasteiger partial charge in [0.05, 0.1) is 5.60 Å². The molecule has 2 N–H and O–H groups in total. The summed E-state index contributed by atoms with van der Waals surface area (Å²) >= 11 is 0. The van der Waals surface area contributed by atoms with Gasteiger partial charge in [0.2, 0.25) is 0 Å². The Kier molecular flexibility index (Phi) is 1.29. The molecule has 1 saturated carbocycles. The van der Waals surface area contributed by atoms with Crippen molar-refractivity contribution in [2.24, 2.45) is 5.92 Å². The van der Waals surface area contributed by atoms with Gasteiger partial charge in [-0.2, -0.15) is 0 Å². The topological polar surface area (TPSA) is 40.5 Å². The highest BCUT2D eigenvalue weighted by atomic mass is 16.3. The maximum absolute atomic E-state index is 9.24. The first-order valence-electron chi connectivity index (χ1n) is 3.02. The van der Waals surface area contributed by atoms with E-state index in [1.807, 2.05) is 6.92 Å². The van der Waals surface area contributed by atoms with Crippen LogP contribution in [0.2, 0.25) is 0 Å². The smallest absolute Gasteiger partial charge is 0.0697 e. The maximum Gasteiger partial charge on any atom is 0.0697 e. The monoisotopic (exact) mass is 116 g/mol. The molecule has 0 radical (unpaired) electrons. The average Bonchev–Trinajstić information content (AvgIpc) is 2.47. The molecule has 2 nitrogen and oxygen atoms in total. The molecule has 0 bridgehead atoms. The summed E-state index contributed by atoms with van der Waals surface area (Å²) in [5, 5.41) is 17.8. The molecular formula is C6H12O2. The van der Waals surface area contributed by atoms with Crippen LogP contribution >= 0.6 is 0 Å². The minimum absolute atomic E-state index is 0.0718. The van der Waals surface area contributed by atoms with Crippen molar-refractivity contribution in [2.45, 2.75) is 25.4 Å². The minimum Gasteiger partial charge on any atom is -0.396 e. The normalized spacial score (nSPS) is 27.4. The summed E-state index contributed by atoms with van der Waals surface area (Å²) in [5.41, 5.74) is -0.491. The van der Waals surface area contributed by atoms with Crippen molar-refractivity contribution in [2.75, 3.05) is 6.61 Å². The molecule has 0 aromatic carbocycles. The summed E-state index contributed by atoms with van der Waals surface area (Å²) < 4.78 is 0. The molecule has 0 spiro atoms. The highest BCUT2D eigenvalue weighted by Gasteiger charge is 2.44. The molecule has 0 amide bonds. The third-order valence-electron chi connectivity index (χ3n) is 1.95. The van der Waals surface area contributed by atoms with Gasteiger partial charge < -0.3 is 10.2 Å². The van der Waals surface area contributed by atoms with Crippen LogP contribution in [0.15, 0.2) is 0 Å². The fourth-order valence-electron chi connectivity index (χ4n) is 0.791. The Labute approximate surface area is 49.1 Å². The second kappa shape index (κ2) is 1.71. The lowest BCUT2D eigenvalue weighted by Crippen LogP contribution is -2.21. The van der Waals surface area contributed by atoms with Gasteiger partial charge in [-0.05, 0) is 12.8 Å². The van der Waals surface area contributed by atoms with Crippen molar-refractivity contribution < 1.29 is 10.2 Å². The summed E-state index contributed by atoms with van der Waals surface area (Å²) in [6.45, 7) is 1.98. The molecule has 1 aliphatic rings. The van der Waals surface area contributed by atoms with E-state index in [0.717, 1.165) is 12.8 Å². The number of aliphatic hydroxyl groups excluding tert-OH is 1. The van der Waals surface area contributed by atoms with Gasteiger partial charge in [0.25, 0.3) is 0 Å². The van der Waals surface area contributed by atoms with E-state index in [0.29, 0.717) is 0 Å². The quantitative estimate of drug-likeness (QED) is 0.538. The lowest BCUT2D eigenvalue weighted by atomic mass is 10.1. The standard InChI is InChI=1S/C6H12O2/c1-5(4-7)6(8)2-3-6/h5,7-8H,2-4H2,1H3/t5-/m1/s1. The third-order valence-corrected chi connectivity index (χ3v) is 1.95. The zero-order valence-electron chi connectivity index (χ0n) is 5.09. The highest BCUT2D eigenvalue weighted by molar-refractivity contribution is 4.96. The molecule has 1 aliphatic carbocycles. The molecule has 0 aromatic rings. The SMILES string of the molecule is C[C@H](CO)C1(O)CC1. The minimum atomic E-state index is -0.491. The molecule has 1 atom stereocenters. The second-order valence-electron chi connectivity index (χ2n) is 2.69. The lowest BCUT2D eigenvalue weighted by molar-refractivity contribution is 0.0557. The lowest BCUT2D eigenvalue weighted by Gasteiger charge is -2.13. The van der Waals surface area contributed by atoms with E-state index >= 15 is 0 Å². The average molecular weight is 116 g/mol. The fraction of sp³-hybridized carbons (Fsp3) is 1.00. The van der Waals surface area contributed by atoms with Gasteiger partial charge in [0.1, 0.15) is 0 Å². The van der Waals surface area contributed by atoms with Gasteiger partial charge in [0.15, 0.2) is 0 Å². The van der Waals surface area contributed by atoms with Crippen LogP contribution in [0.3, 0.4) is 0 Å². The molecule has 8 heavy (non-hydrogen) atoms. The van der Waals surface area contributed by atoms with Gasteiger partial charge >= 0.3 is 0 Å². The fourth-order valence-corrected chi connectivity index (χ4v) is 0.791. The summed E-state index contributed by atoms with van der Waals surface area (Å²) in [6.07, 6.45) is 1.74. The van der Waals surface area contributed by atoms with Crippen molar-refractivity contribution in [3.8, 4) is 0 Å². The zero-order chi connectivity index (χ0) is 6.20. The van der Waals surface area contributed by atoms with E-state index < -0.39 is 5.60 Å². The molecule has 0 aliphatic heterocycles. The van der Waals surface area contributed by atoms with Crippen LogP contribution in [0.5, 0.6) is 0 Å². The van der Waals surface area contributed by atoms with Gasteiger partial charge in [-0.1, -0.05) is 6.92 Å². The molecular weight excluding hydrogens is 104 g/mol. The Morgan fingerprint density at radius 3 is 2.25 bits per heavy atom. The Morgan fingerprint density at radius 1 is 1.62 bits per heavy atom. The van der Waals surface area contributed by atoms with Crippen LogP contribution < -0.4 is 0 Å². The van der Waals surface area contributed by atoms with Crippen LogP contribution in [-0.4, -0.2) is 22.4 Å². The second-order valence-corrected chi connectivity index (χ2v) is 2.69. The Morgan fingerprint density at radius 2 is 2.12 bits per heavy atom. The van der Waals surface area contributed by atoms with Crippen molar-refractivity contribution in [3.05, 3.63) is 0 Å². The molecule has 2 heteroatoms. The van der Waals surface area contributed by atoms with E-state index in [9.17, 15) is 5.11 Å².